The summed E-state index contributed by atoms with van der Waals surface area (Å²) in [4.78, 5) is 4.41. The number of aliphatic hydroxyl groups excluding tert-OH is 1. The monoisotopic (exact) mass is 242 g/mol. The van der Waals surface area contributed by atoms with E-state index in [0.29, 0.717) is 5.15 Å². The lowest BCUT2D eigenvalue weighted by atomic mass is 10.3. The van der Waals surface area contributed by atoms with Crippen molar-refractivity contribution in [1.29, 1.82) is 0 Å². The van der Waals surface area contributed by atoms with Crippen molar-refractivity contribution < 1.29 is 5.11 Å². The van der Waals surface area contributed by atoms with Gasteiger partial charge in [-0.25, -0.2) is 0 Å². The fourth-order valence-electron chi connectivity index (χ4n) is 1.82. The highest BCUT2D eigenvalue weighted by atomic mass is 35.5. The van der Waals surface area contributed by atoms with Gasteiger partial charge in [-0.2, -0.15) is 0 Å². The van der Waals surface area contributed by atoms with Crippen molar-refractivity contribution in [3.63, 3.8) is 0 Å². The number of rotatable bonds is 3. The van der Waals surface area contributed by atoms with E-state index < -0.39 is 0 Å². The predicted octanol–water partition coefficient (Wildman–Crippen LogP) is 0.244. The molecule has 1 saturated heterocycles. The van der Waals surface area contributed by atoms with E-state index in [4.69, 9.17) is 16.7 Å². The van der Waals surface area contributed by atoms with E-state index in [1.54, 1.807) is 6.07 Å². The molecule has 6 heteroatoms. The maximum atomic E-state index is 8.84. The van der Waals surface area contributed by atoms with E-state index in [1.165, 1.54) is 0 Å². The zero-order valence-corrected chi connectivity index (χ0v) is 9.77. The molecule has 0 radical (unpaired) electrons. The second-order valence-electron chi connectivity index (χ2n) is 3.77. The van der Waals surface area contributed by atoms with Crippen molar-refractivity contribution in [1.82, 2.24) is 15.1 Å². The summed E-state index contributed by atoms with van der Waals surface area (Å²) in [6.07, 6.45) is 0. The summed E-state index contributed by atoms with van der Waals surface area (Å²) in [6, 6.07) is 3.64. The Bertz CT molecular complexity index is 324. The van der Waals surface area contributed by atoms with Crippen molar-refractivity contribution in [2.75, 3.05) is 44.2 Å². The van der Waals surface area contributed by atoms with Crippen LogP contribution >= 0.6 is 11.6 Å². The Morgan fingerprint density at radius 3 is 2.50 bits per heavy atom. The minimum absolute atomic E-state index is 0.223. The Hall–Kier alpha value is -0.910. The fourth-order valence-corrected chi connectivity index (χ4v) is 1.92. The summed E-state index contributed by atoms with van der Waals surface area (Å²) >= 11 is 5.69. The van der Waals surface area contributed by atoms with Gasteiger partial charge in [0.1, 0.15) is 0 Å². The van der Waals surface area contributed by atoms with Gasteiger partial charge in [-0.15, -0.1) is 10.2 Å². The molecule has 5 nitrogen and oxygen atoms in total. The zero-order chi connectivity index (χ0) is 11.4. The van der Waals surface area contributed by atoms with Crippen LogP contribution in [-0.4, -0.2) is 59.5 Å². The topological polar surface area (TPSA) is 52.5 Å². The van der Waals surface area contributed by atoms with Gasteiger partial charge < -0.3 is 10.0 Å². The molecule has 0 aromatic carbocycles. The molecular formula is C10H15ClN4O. The minimum atomic E-state index is 0.223. The molecule has 0 aliphatic carbocycles. The second-order valence-corrected chi connectivity index (χ2v) is 4.15. The molecule has 1 aromatic heterocycles. The third-order valence-corrected chi connectivity index (χ3v) is 2.93. The first-order valence-corrected chi connectivity index (χ1v) is 5.75. The van der Waals surface area contributed by atoms with Crippen LogP contribution in [0.2, 0.25) is 5.15 Å². The summed E-state index contributed by atoms with van der Waals surface area (Å²) in [5, 5.41) is 17.1. The number of β-amino-alcohol motifs (C(OH)–C–C–N with tert-alkyl or cyclic N) is 1. The first kappa shape index (κ1) is 11.6. The molecule has 0 atom stereocenters. The second kappa shape index (κ2) is 5.43. The van der Waals surface area contributed by atoms with Gasteiger partial charge in [0.2, 0.25) is 0 Å². The van der Waals surface area contributed by atoms with Gasteiger partial charge in [0, 0.05) is 32.7 Å². The highest BCUT2D eigenvalue weighted by molar-refractivity contribution is 6.29. The van der Waals surface area contributed by atoms with Gasteiger partial charge in [0.05, 0.1) is 6.61 Å². The molecule has 0 unspecified atom stereocenters. The van der Waals surface area contributed by atoms with Crippen LogP contribution in [0.4, 0.5) is 5.82 Å². The van der Waals surface area contributed by atoms with Crippen molar-refractivity contribution in [3.05, 3.63) is 17.3 Å². The van der Waals surface area contributed by atoms with E-state index in [0.717, 1.165) is 38.5 Å². The zero-order valence-electron chi connectivity index (χ0n) is 9.01. The van der Waals surface area contributed by atoms with Crippen molar-refractivity contribution >= 4 is 17.4 Å². The van der Waals surface area contributed by atoms with E-state index >= 15 is 0 Å². The molecule has 2 heterocycles. The Morgan fingerprint density at radius 2 is 1.94 bits per heavy atom. The molecule has 1 N–H and O–H groups in total. The Morgan fingerprint density at radius 1 is 1.19 bits per heavy atom. The highest BCUT2D eigenvalue weighted by Crippen LogP contribution is 2.13. The van der Waals surface area contributed by atoms with Gasteiger partial charge in [0.15, 0.2) is 11.0 Å². The van der Waals surface area contributed by atoms with Crippen LogP contribution in [-0.2, 0) is 0 Å². The van der Waals surface area contributed by atoms with Crippen LogP contribution < -0.4 is 4.90 Å². The molecule has 0 spiro atoms. The Labute approximate surface area is 99.6 Å². The first-order valence-electron chi connectivity index (χ1n) is 5.37. The van der Waals surface area contributed by atoms with Crippen LogP contribution in [0.5, 0.6) is 0 Å². The minimum Gasteiger partial charge on any atom is -0.395 e. The number of aromatic nitrogens is 2. The molecule has 1 aliphatic rings. The lowest BCUT2D eigenvalue weighted by molar-refractivity contribution is 0.188. The van der Waals surface area contributed by atoms with Crippen LogP contribution in [0.15, 0.2) is 12.1 Å². The van der Waals surface area contributed by atoms with E-state index in [2.05, 4.69) is 20.0 Å². The quantitative estimate of drug-likeness (QED) is 0.823. The molecule has 2 rings (SSSR count). The summed E-state index contributed by atoms with van der Waals surface area (Å²) in [5.74, 6) is 0.869. The number of piperazine rings is 1. The van der Waals surface area contributed by atoms with Crippen LogP contribution in [0, 0.1) is 0 Å². The van der Waals surface area contributed by atoms with Crippen LogP contribution in [0.3, 0.4) is 0 Å². The van der Waals surface area contributed by atoms with Crippen molar-refractivity contribution in [2.45, 2.75) is 0 Å². The number of anilines is 1. The number of nitrogens with zero attached hydrogens (tertiary/aromatic N) is 4. The van der Waals surface area contributed by atoms with Gasteiger partial charge in [-0.3, -0.25) is 4.90 Å². The summed E-state index contributed by atoms with van der Waals surface area (Å²) in [5.41, 5.74) is 0. The van der Waals surface area contributed by atoms with E-state index in [-0.39, 0.29) is 6.61 Å². The molecule has 1 aromatic rings. The smallest absolute Gasteiger partial charge is 0.151 e. The molecule has 1 fully saturated rings. The third-order valence-electron chi connectivity index (χ3n) is 2.73. The molecule has 16 heavy (non-hydrogen) atoms. The standard InChI is InChI=1S/C10H15ClN4O/c11-9-1-2-10(13-12-9)15-5-3-14(4-6-15)7-8-16/h1-2,16H,3-8H2. The summed E-state index contributed by atoms with van der Waals surface area (Å²) in [7, 11) is 0. The molecule has 88 valence electrons. The largest absolute Gasteiger partial charge is 0.395 e. The lowest BCUT2D eigenvalue weighted by Gasteiger charge is -2.34. The van der Waals surface area contributed by atoms with Crippen molar-refractivity contribution in [3.8, 4) is 0 Å². The molecule has 0 bridgehead atoms. The third kappa shape index (κ3) is 2.81. The maximum Gasteiger partial charge on any atom is 0.151 e. The highest BCUT2D eigenvalue weighted by Gasteiger charge is 2.17. The van der Waals surface area contributed by atoms with Gasteiger partial charge in [-0.05, 0) is 12.1 Å². The number of hydrogen-bond acceptors (Lipinski definition) is 5. The van der Waals surface area contributed by atoms with Gasteiger partial charge in [0.25, 0.3) is 0 Å². The van der Waals surface area contributed by atoms with Crippen LogP contribution in [0.25, 0.3) is 0 Å². The maximum absolute atomic E-state index is 8.84. The van der Waals surface area contributed by atoms with E-state index in [1.807, 2.05) is 6.07 Å². The molecular weight excluding hydrogens is 228 g/mol. The van der Waals surface area contributed by atoms with E-state index in [9.17, 15) is 0 Å². The van der Waals surface area contributed by atoms with Gasteiger partial charge in [-0.1, -0.05) is 11.6 Å². The summed E-state index contributed by atoms with van der Waals surface area (Å²) < 4.78 is 0. The normalized spacial score (nSPS) is 17.8. The average Bonchev–Trinajstić information content (AvgIpc) is 2.32. The first-order chi connectivity index (χ1) is 7.79. The molecule has 1 aliphatic heterocycles. The fraction of sp³-hybridized carbons (Fsp3) is 0.600. The van der Waals surface area contributed by atoms with Gasteiger partial charge >= 0.3 is 0 Å². The summed E-state index contributed by atoms with van der Waals surface area (Å²) in [6.45, 7) is 4.70. The average molecular weight is 243 g/mol. The van der Waals surface area contributed by atoms with Crippen molar-refractivity contribution in [2.24, 2.45) is 0 Å². The molecule has 0 saturated carbocycles. The SMILES string of the molecule is OCCN1CCN(c2ccc(Cl)nn2)CC1. The Kier molecular flexibility index (Phi) is 3.93. The molecule has 0 amide bonds. The number of hydrogen-bond donors (Lipinski definition) is 1. The number of halogens is 1. The lowest BCUT2D eigenvalue weighted by Crippen LogP contribution is -2.47. The Balaban J connectivity index is 1.91. The van der Waals surface area contributed by atoms with Crippen LogP contribution in [0.1, 0.15) is 0 Å². The predicted molar refractivity (Wildman–Crippen MR) is 62.8 cm³/mol. The number of aliphatic hydroxyl groups is 1.